The van der Waals surface area contributed by atoms with Crippen molar-refractivity contribution in [3.8, 4) is 59.7 Å². The van der Waals surface area contributed by atoms with Crippen LogP contribution in [0.3, 0.4) is 0 Å². The maximum absolute atomic E-state index is 12.8. The van der Waals surface area contributed by atoms with Crippen LogP contribution in [0.2, 0.25) is 0 Å². The van der Waals surface area contributed by atoms with E-state index < -0.39 is 83.5 Å². The highest BCUT2D eigenvalue weighted by Crippen LogP contribution is 2.49. The molecule has 0 aromatic rings. The predicted molar refractivity (Wildman–Crippen MR) is 222 cm³/mol. The lowest BCUT2D eigenvalue weighted by Gasteiger charge is -2.43. The Morgan fingerprint density at radius 3 is 1.65 bits per heavy atom. The van der Waals surface area contributed by atoms with E-state index in [9.17, 15) is 44.0 Å². The van der Waals surface area contributed by atoms with Crippen LogP contribution in [0, 0.1) is 59.7 Å². The van der Waals surface area contributed by atoms with E-state index in [4.69, 9.17) is 34.7 Å². The zero-order chi connectivity index (χ0) is 40.4. The van der Waals surface area contributed by atoms with E-state index in [1.165, 1.54) is 44.9 Å². The summed E-state index contributed by atoms with van der Waals surface area (Å²) in [5.74, 6) is 18.2. The van der Waals surface area contributed by atoms with Gasteiger partial charge in [0.25, 0.3) is 0 Å². The van der Waals surface area contributed by atoms with Gasteiger partial charge in [0.1, 0.15) is 43.2 Å². The van der Waals surface area contributed by atoms with Crippen molar-refractivity contribution in [2.24, 2.45) is 0 Å². The van der Waals surface area contributed by atoms with Gasteiger partial charge in [0.2, 0.25) is 0 Å². The molecule has 1 aliphatic carbocycles. The van der Waals surface area contributed by atoms with E-state index in [0.29, 0.717) is 6.42 Å². The Labute approximate surface area is 343 Å². The van der Waals surface area contributed by atoms with Crippen LogP contribution in [0.15, 0.2) is 0 Å². The van der Waals surface area contributed by atoms with Crippen LogP contribution in [0.4, 0.5) is 0 Å². The van der Waals surface area contributed by atoms with Crippen LogP contribution < -0.4 is 0 Å². The van der Waals surface area contributed by atoms with Crippen molar-refractivity contribution in [2.45, 2.75) is 140 Å². The fourth-order valence-corrected chi connectivity index (χ4v) is 6.62. The molecule has 8 atom stereocenters. The van der Waals surface area contributed by atoms with E-state index in [-0.39, 0.29) is 32.8 Å². The lowest BCUT2D eigenvalue weighted by atomic mass is 9.85. The normalized spacial score (nSPS) is 21.7. The van der Waals surface area contributed by atoms with Crippen molar-refractivity contribution in [2.75, 3.05) is 13.2 Å². The molecule has 7 N–H and O–H groups in total. The number of phosphoric acid groups is 2. The van der Waals surface area contributed by atoms with Gasteiger partial charge in [0, 0.05) is 25.2 Å². The first-order valence-electron chi connectivity index (χ1n) is 17.6. The number of hydrogen-bond acceptors (Lipinski definition) is 13. The number of ether oxygens (including phenoxy) is 2. The molecule has 0 aliphatic heterocycles. The fraction of sp³-hybridized carbons (Fsp3) is 0.667. The molecular formula is C36H70O16P2S. The van der Waals surface area contributed by atoms with Gasteiger partial charge in [-0.05, 0) is 53.8 Å². The zero-order valence-electron chi connectivity index (χ0n) is 30.6. The van der Waals surface area contributed by atoms with Gasteiger partial charge in [-0.25, -0.2) is 13.9 Å². The first-order valence-corrected chi connectivity index (χ1v) is 20.6. The quantitative estimate of drug-likeness (QED) is 0.0234. The third-order valence-electron chi connectivity index (χ3n) is 7.78. The van der Waals surface area contributed by atoms with Gasteiger partial charge in [-0.2, -0.15) is 13.5 Å². The van der Waals surface area contributed by atoms with Gasteiger partial charge < -0.3 is 44.6 Å². The number of aliphatic hydroxyl groups is 4. The van der Waals surface area contributed by atoms with Crippen LogP contribution in [-0.2, 0) is 41.8 Å². The van der Waals surface area contributed by atoms with Gasteiger partial charge in [0.05, 0.1) is 6.61 Å². The second kappa shape index (κ2) is 29.4. The summed E-state index contributed by atoms with van der Waals surface area (Å²) in [4.78, 5) is 53.3. The van der Waals surface area contributed by atoms with Crippen molar-refractivity contribution in [3.05, 3.63) is 0 Å². The SMILES string of the molecule is C#CC#CC#CC#CC#CC(=O)OC[C@H](COP(=O)(O)OC1C(O)[C@@H](O)C(O)[C@@H](OP(=O)(O)O)[C@H]1O)OC(=O)CCCCCCCCCCCCCCC.S.[HH].[HH].[HH].[HH].[HH].[HH].[HH].[HH].[HH]. The molecule has 1 aliphatic rings. The predicted octanol–water partition coefficient (Wildman–Crippen LogP) is 4.33. The standard InChI is InChI=1S/C36H50O16P2.H2S.9H2/c1-3-5-7-9-11-13-14-15-16-17-19-21-23-25-30(38)50-28(26-48-29(37)24-22-20-18-12-10-8-6-4-2)27-49-54(46,47)52-36-33(41)31(39)32(40)35(34(36)42)51-53(43,44)45;;;;;;;;;;/h2,28,31-36,39-42H,3,5,7,9,11,13-17,19,21,23,25-27H2,1H3,(H,46,47)(H2,43,44,45);1H2;9*1H/t28-,31+,32?,33?,34-,35-,36?;;;;;;;;;;/m1........../s1. The van der Waals surface area contributed by atoms with Gasteiger partial charge in [-0.15, -0.1) is 6.42 Å². The molecule has 0 aromatic heterocycles. The number of rotatable bonds is 24. The monoisotopic (exact) mass is 852 g/mol. The lowest BCUT2D eigenvalue weighted by molar-refractivity contribution is -0.216. The molecule has 326 valence electrons. The van der Waals surface area contributed by atoms with Crippen molar-refractivity contribution >= 4 is 41.1 Å². The van der Waals surface area contributed by atoms with Crippen LogP contribution in [-0.4, -0.2) is 103 Å². The number of esters is 2. The second-order valence-electron chi connectivity index (χ2n) is 12.2. The molecule has 0 aromatic carbocycles. The molecule has 16 nitrogen and oxygen atoms in total. The minimum absolute atomic E-state index is 0. The summed E-state index contributed by atoms with van der Waals surface area (Å²) in [5.41, 5.74) is 0. The smallest absolute Gasteiger partial charge is 0.456 e. The Kier molecular flexibility index (Phi) is 27.9. The van der Waals surface area contributed by atoms with E-state index in [2.05, 4.69) is 58.8 Å². The molecule has 0 radical (unpaired) electrons. The minimum Gasteiger partial charge on any atom is -0.456 e. The van der Waals surface area contributed by atoms with Crippen LogP contribution in [0.25, 0.3) is 0 Å². The summed E-state index contributed by atoms with van der Waals surface area (Å²) >= 11 is 0. The summed E-state index contributed by atoms with van der Waals surface area (Å²) in [6, 6.07) is 0. The number of terminal acetylenes is 1. The first-order chi connectivity index (χ1) is 25.6. The molecule has 0 saturated heterocycles. The molecule has 4 unspecified atom stereocenters. The molecule has 0 amide bonds. The average molecular weight is 853 g/mol. The number of unbranched alkanes of at least 4 members (excludes halogenated alkanes) is 12. The number of carbonyl (C=O) groups is 2. The summed E-state index contributed by atoms with van der Waals surface area (Å²) in [7, 11) is -10.7. The van der Waals surface area contributed by atoms with E-state index >= 15 is 0 Å². The van der Waals surface area contributed by atoms with Gasteiger partial charge in [-0.1, -0.05) is 84.0 Å². The van der Waals surface area contributed by atoms with Crippen molar-refractivity contribution in [1.29, 1.82) is 0 Å². The number of aliphatic hydroxyl groups excluding tert-OH is 4. The number of hydrogen-bond donors (Lipinski definition) is 7. The highest BCUT2D eigenvalue weighted by Gasteiger charge is 2.54. The van der Waals surface area contributed by atoms with Gasteiger partial charge in [-0.3, -0.25) is 18.4 Å². The van der Waals surface area contributed by atoms with Crippen LogP contribution >= 0.6 is 29.1 Å². The molecule has 19 heteroatoms. The fourth-order valence-electron chi connectivity index (χ4n) is 5.08. The average Bonchev–Trinajstić information content (AvgIpc) is 3.11. The highest BCUT2D eigenvalue weighted by atomic mass is 32.1. The zero-order valence-corrected chi connectivity index (χ0v) is 33.4. The Bertz CT molecular complexity index is 1600. The van der Waals surface area contributed by atoms with E-state index in [0.717, 1.165) is 32.1 Å². The van der Waals surface area contributed by atoms with Gasteiger partial charge >= 0.3 is 27.6 Å². The topological polar surface area (TPSA) is 256 Å². The molecule has 1 fully saturated rings. The largest absolute Gasteiger partial charge is 0.472 e. The molecule has 0 spiro atoms. The molecule has 1 saturated carbocycles. The highest BCUT2D eigenvalue weighted by molar-refractivity contribution is 7.59. The maximum Gasteiger partial charge on any atom is 0.472 e. The molecular weight excluding hydrogens is 782 g/mol. The Morgan fingerprint density at radius 2 is 1.15 bits per heavy atom. The molecule has 55 heavy (non-hydrogen) atoms. The summed E-state index contributed by atoms with van der Waals surface area (Å²) in [6.07, 6.45) is 3.94. The minimum atomic E-state index is -5.38. The van der Waals surface area contributed by atoms with E-state index in [1.54, 1.807) is 0 Å². The second-order valence-corrected chi connectivity index (χ2v) is 14.8. The molecule has 0 heterocycles. The Hall–Kier alpha value is -2.85. The lowest BCUT2D eigenvalue weighted by Crippen LogP contribution is -2.64. The molecule has 1 rings (SSSR count). The third kappa shape index (κ3) is 24.4. The maximum atomic E-state index is 12.8. The Morgan fingerprint density at radius 1 is 0.673 bits per heavy atom. The summed E-state index contributed by atoms with van der Waals surface area (Å²) < 4.78 is 48.3. The molecule has 0 bridgehead atoms. The summed E-state index contributed by atoms with van der Waals surface area (Å²) in [5, 5.41) is 40.8. The third-order valence-corrected chi connectivity index (χ3v) is 9.28. The van der Waals surface area contributed by atoms with Crippen molar-refractivity contribution in [1.82, 2.24) is 0 Å². The van der Waals surface area contributed by atoms with E-state index in [1.807, 2.05) is 5.92 Å². The van der Waals surface area contributed by atoms with Crippen molar-refractivity contribution < 1.29 is 89.7 Å². The summed E-state index contributed by atoms with van der Waals surface area (Å²) in [6.45, 7) is 0.531. The van der Waals surface area contributed by atoms with Crippen molar-refractivity contribution in [3.63, 3.8) is 0 Å². The number of carbonyl (C=O) groups excluding carboxylic acids is 2. The first kappa shape index (κ1) is 52.2. The van der Waals surface area contributed by atoms with Gasteiger partial charge in [0.15, 0.2) is 6.10 Å². The van der Waals surface area contributed by atoms with Crippen LogP contribution in [0.1, 0.15) is 110 Å². The Balaban J connectivity index is -0.000000364. The van der Waals surface area contributed by atoms with Crippen LogP contribution in [0.5, 0.6) is 0 Å². The number of phosphoric ester groups is 2.